The van der Waals surface area contributed by atoms with Gasteiger partial charge in [-0.15, -0.1) is 0 Å². The third-order valence-electron chi connectivity index (χ3n) is 3.95. The van der Waals surface area contributed by atoms with E-state index in [2.05, 4.69) is 10.6 Å². The average Bonchev–Trinajstić information content (AvgIpc) is 2.67. The van der Waals surface area contributed by atoms with Crippen molar-refractivity contribution >= 4 is 22.8 Å². The summed E-state index contributed by atoms with van der Waals surface area (Å²) in [5.74, 6) is -3.80. The highest BCUT2D eigenvalue weighted by molar-refractivity contribution is 5.99. The summed E-state index contributed by atoms with van der Waals surface area (Å²) in [6, 6.07) is 9.44. The van der Waals surface area contributed by atoms with E-state index in [0.717, 1.165) is 12.1 Å². The molecular formula is C19H14F2N2O4. The molecule has 6 nitrogen and oxygen atoms in total. The van der Waals surface area contributed by atoms with Gasteiger partial charge in [-0.3, -0.25) is 9.59 Å². The predicted octanol–water partition coefficient (Wildman–Crippen LogP) is 2.29. The van der Waals surface area contributed by atoms with Crippen LogP contribution in [0.1, 0.15) is 22.0 Å². The van der Waals surface area contributed by atoms with E-state index in [-0.39, 0.29) is 11.1 Å². The van der Waals surface area contributed by atoms with Crippen LogP contribution in [0.5, 0.6) is 0 Å². The lowest BCUT2D eigenvalue weighted by Gasteiger charge is -2.17. The standard InChI is InChI=1S/C19H14F2N2O4/c1-22-18(25)16(11-6-7-13(20)14(21)9-11)23-17(24)12-8-10-4-2-3-5-15(10)27-19(12)26/h2-9,16H,1H3,(H,22,25)(H,23,24). The van der Waals surface area contributed by atoms with E-state index < -0.39 is 35.1 Å². The van der Waals surface area contributed by atoms with E-state index in [9.17, 15) is 23.2 Å². The van der Waals surface area contributed by atoms with Gasteiger partial charge in [0.25, 0.3) is 5.91 Å². The maximum Gasteiger partial charge on any atom is 0.349 e. The van der Waals surface area contributed by atoms with Crippen LogP contribution in [0.2, 0.25) is 0 Å². The molecule has 2 aromatic carbocycles. The summed E-state index contributed by atoms with van der Waals surface area (Å²) < 4.78 is 31.8. The van der Waals surface area contributed by atoms with Gasteiger partial charge in [-0.2, -0.15) is 0 Å². The monoisotopic (exact) mass is 372 g/mol. The molecule has 1 heterocycles. The van der Waals surface area contributed by atoms with Crippen LogP contribution in [0.25, 0.3) is 11.0 Å². The Kier molecular flexibility index (Phi) is 4.98. The van der Waals surface area contributed by atoms with Gasteiger partial charge in [0.15, 0.2) is 11.6 Å². The van der Waals surface area contributed by atoms with Gasteiger partial charge in [0.1, 0.15) is 17.2 Å². The minimum atomic E-state index is -1.33. The highest BCUT2D eigenvalue weighted by Gasteiger charge is 2.25. The second-order valence-corrected chi connectivity index (χ2v) is 5.68. The lowest BCUT2D eigenvalue weighted by molar-refractivity contribution is -0.122. The number of carbonyl (C=O) groups excluding carboxylic acids is 2. The second kappa shape index (κ2) is 7.36. The van der Waals surface area contributed by atoms with Crippen LogP contribution in [0.15, 0.2) is 57.7 Å². The Bertz CT molecular complexity index is 1090. The van der Waals surface area contributed by atoms with Crippen LogP contribution in [0.3, 0.4) is 0 Å². The molecule has 138 valence electrons. The van der Waals surface area contributed by atoms with Crippen molar-refractivity contribution in [3.63, 3.8) is 0 Å². The first-order valence-electron chi connectivity index (χ1n) is 7.91. The lowest BCUT2D eigenvalue weighted by atomic mass is 10.0. The molecule has 0 saturated carbocycles. The summed E-state index contributed by atoms with van der Waals surface area (Å²) in [5.41, 5.74) is -0.869. The van der Waals surface area contributed by atoms with E-state index in [4.69, 9.17) is 4.42 Å². The summed E-state index contributed by atoms with van der Waals surface area (Å²) in [6.07, 6.45) is 0. The van der Waals surface area contributed by atoms with E-state index >= 15 is 0 Å². The van der Waals surface area contributed by atoms with Crippen LogP contribution in [0, 0.1) is 11.6 Å². The first-order valence-corrected chi connectivity index (χ1v) is 7.91. The number of carbonyl (C=O) groups is 2. The molecule has 0 aliphatic carbocycles. The first-order chi connectivity index (χ1) is 12.9. The number of fused-ring (bicyclic) bond motifs is 1. The van der Waals surface area contributed by atoms with Crippen molar-refractivity contribution in [1.82, 2.24) is 10.6 Å². The molecule has 3 rings (SSSR count). The number of hydrogen-bond donors (Lipinski definition) is 2. The fraction of sp³-hybridized carbons (Fsp3) is 0.105. The molecule has 0 aliphatic heterocycles. The van der Waals surface area contributed by atoms with E-state index in [1.54, 1.807) is 24.3 Å². The van der Waals surface area contributed by atoms with Gasteiger partial charge in [-0.05, 0) is 29.8 Å². The molecule has 0 spiro atoms. The Balaban J connectivity index is 1.97. The molecule has 0 bridgehead atoms. The van der Waals surface area contributed by atoms with Crippen LogP contribution in [0.4, 0.5) is 8.78 Å². The molecule has 0 saturated heterocycles. The zero-order chi connectivity index (χ0) is 19.6. The Hall–Kier alpha value is -3.55. The molecule has 2 N–H and O–H groups in total. The van der Waals surface area contributed by atoms with E-state index in [1.165, 1.54) is 19.2 Å². The van der Waals surface area contributed by atoms with Gasteiger partial charge >= 0.3 is 5.63 Å². The number of halogens is 2. The molecular weight excluding hydrogens is 358 g/mol. The third-order valence-corrected chi connectivity index (χ3v) is 3.95. The first kappa shape index (κ1) is 18.2. The van der Waals surface area contributed by atoms with Gasteiger partial charge in [-0.25, -0.2) is 13.6 Å². The molecule has 8 heteroatoms. The molecule has 0 fully saturated rings. The Morgan fingerprint density at radius 2 is 1.78 bits per heavy atom. The number of rotatable bonds is 4. The quantitative estimate of drug-likeness (QED) is 0.688. The van der Waals surface area contributed by atoms with Gasteiger partial charge in [0.05, 0.1) is 0 Å². The predicted molar refractivity (Wildman–Crippen MR) is 93.1 cm³/mol. The second-order valence-electron chi connectivity index (χ2n) is 5.68. The Labute approximate surface area is 151 Å². The fourth-order valence-electron chi connectivity index (χ4n) is 2.57. The molecule has 1 aromatic heterocycles. The summed E-state index contributed by atoms with van der Waals surface area (Å²) in [7, 11) is 1.33. The largest absolute Gasteiger partial charge is 0.422 e. The Morgan fingerprint density at radius 3 is 2.48 bits per heavy atom. The summed E-state index contributed by atoms with van der Waals surface area (Å²) in [4.78, 5) is 36.8. The van der Waals surface area contributed by atoms with Gasteiger partial charge in [0, 0.05) is 12.4 Å². The van der Waals surface area contributed by atoms with Crippen molar-refractivity contribution in [3.05, 3.63) is 81.7 Å². The van der Waals surface area contributed by atoms with Gasteiger partial charge < -0.3 is 15.1 Å². The van der Waals surface area contributed by atoms with E-state index in [1.807, 2.05) is 0 Å². The van der Waals surface area contributed by atoms with Gasteiger partial charge in [0.2, 0.25) is 5.91 Å². The molecule has 0 aliphatic rings. The molecule has 27 heavy (non-hydrogen) atoms. The number of para-hydroxylation sites is 1. The van der Waals surface area contributed by atoms with Crippen molar-refractivity contribution in [2.75, 3.05) is 7.05 Å². The molecule has 2 amide bonds. The summed E-state index contributed by atoms with van der Waals surface area (Å²) in [6.45, 7) is 0. The van der Waals surface area contributed by atoms with Crippen molar-refractivity contribution in [1.29, 1.82) is 0 Å². The Morgan fingerprint density at radius 1 is 1.04 bits per heavy atom. The number of nitrogens with one attached hydrogen (secondary N) is 2. The molecule has 3 aromatic rings. The summed E-state index contributed by atoms with van der Waals surface area (Å²) >= 11 is 0. The number of amides is 2. The van der Waals surface area contributed by atoms with Crippen LogP contribution < -0.4 is 16.3 Å². The van der Waals surface area contributed by atoms with Crippen LogP contribution in [-0.4, -0.2) is 18.9 Å². The van der Waals surface area contributed by atoms with Crippen LogP contribution in [-0.2, 0) is 4.79 Å². The highest BCUT2D eigenvalue weighted by Crippen LogP contribution is 2.18. The third kappa shape index (κ3) is 3.69. The number of benzene rings is 2. The van der Waals surface area contributed by atoms with Crippen molar-refractivity contribution < 1.29 is 22.8 Å². The molecule has 1 unspecified atom stereocenters. The topological polar surface area (TPSA) is 88.4 Å². The van der Waals surface area contributed by atoms with Crippen molar-refractivity contribution in [2.45, 2.75) is 6.04 Å². The van der Waals surface area contributed by atoms with Crippen molar-refractivity contribution in [3.8, 4) is 0 Å². The maximum atomic E-state index is 13.5. The van der Waals surface area contributed by atoms with Crippen molar-refractivity contribution in [2.24, 2.45) is 0 Å². The number of hydrogen-bond acceptors (Lipinski definition) is 4. The maximum absolute atomic E-state index is 13.5. The zero-order valence-electron chi connectivity index (χ0n) is 14.1. The smallest absolute Gasteiger partial charge is 0.349 e. The number of likely N-dealkylation sites (N-methyl/N-ethyl adjacent to an activating group) is 1. The molecule has 1 atom stereocenters. The SMILES string of the molecule is CNC(=O)C(NC(=O)c1cc2ccccc2oc1=O)c1ccc(F)c(F)c1. The average molecular weight is 372 g/mol. The minimum absolute atomic E-state index is 0.0202. The molecule has 0 radical (unpaired) electrons. The summed E-state index contributed by atoms with van der Waals surface area (Å²) in [5, 5.41) is 5.20. The fourth-order valence-corrected chi connectivity index (χ4v) is 2.57. The van der Waals surface area contributed by atoms with E-state index in [0.29, 0.717) is 11.0 Å². The minimum Gasteiger partial charge on any atom is -0.422 e. The van der Waals surface area contributed by atoms with Crippen LogP contribution >= 0.6 is 0 Å². The highest BCUT2D eigenvalue weighted by atomic mass is 19.2. The van der Waals surface area contributed by atoms with Gasteiger partial charge in [-0.1, -0.05) is 24.3 Å². The normalized spacial score (nSPS) is 11.8. The zero-order valence-corrected chi connectivity index (χ0v) is 14.1. The lowest BCUT2D eigenvalue weighted by Crippen LogP contribution is -2.40.